The van der Waals surface area contributed by atoms with Crippen molar-refractivity contribution in [2.24, 2.45) is 0 Å². The van der Waals surface area contributed by atoms with Crippen LogP contribution in [0.4, 0.5) is 24.7 Å². The van der Waals surface area contributed by atoms with Gasteiger partial charge in [-0.15, -0.1) is 11.3 Å². The van der Waals surface area contributed by atoms with E-state index in [1.807, 2.05) is 19.1 Å². The number of nitrogens with one attached hydrogen (secondary N) is 1. The summed E-state index contributed by atoms with van der Waals surface area (Å²) in [6.07, 6.45) is -0.253. The molecule has 3 heterocycles. The van der Waals surface area contributed by atoms with Crippen molar-refractivity contribution < 1.29 is 13.2 Å². The Morgan fingerprint density at radius 1 is 1.07 bits per heavy atom. The van der Waals surface area contributed by atoms with Gasteiger partial charge in [0.1, 0.15) is 10.6 Å². The number of fused-ring (bicyclic) bond motifs is 1. The molecule has 0 bridgehead atoms. The highest BCUT2D eigenvalue weighted by molar-refractivity contribution is 7.18. The molecule has 8 heteroatoms. The van der Waals surface area contributed by atoms with Gasteiger partial charge in [0.2, 0.25) is 0 Å². The number of pyridine rings is 1. The molecule has 0 spiro atoms. The summed E-state index contributed by atoms with van der Waals surface area (Å²) in [4.78, 5) is 15.2. The molecule has 4 rings (SSSR count). The fraction of sp³-hybridized carbons (Fsp3) is 0.150. The molecular weight excluding hydrogens is 385 g/mol. The number of alkyl halides is 3. The number of benzene rings is 1. The number of hydrogen-bond donors (Lipinski definition) is 1. The summed E-state index contributed by atoms with van der Waals surface area (Å²) >= 11 is 1.55. The summed E-state index contributed by atoms with van der Waals surface area (Å²) in [5.74, 6) is 0.943. The van der Waals surface area contributed by atoms with Gasteiger partial charge in [-0.1, -0.05) is 13.0 Å². The predicted molar refractivity (Wildman–Crippen MR) is 105 cm³/mol. The lowest BCUT2D eigenvalue weighted by Crippen LogP contribution is -2.05. The smallest absolute Gasteiger partial charge is 0.340 e. The Kier molecular flexibility index (Phi) is 4.72. The number of aryl methyl sites for hydroxylation is 1. The van der Waals surface area contributed by atoms with Crippen molar-refractivity contribution >= 4 is 33.1 Å². The van der Waals surface area contributed by atoms with Gasteiger partial charge < -0.3 is 5.32 Å². The van der Waals surface area contributed by atoms with Gasteiger partial charge in [0.15, 0.2) is 5.82 Å². The normalized spacial score (nSPS) is 11.7. The molecule has 1 N–H and O–H groups in total. The van der Waals surface area contributed by atoms with Crippen LogP contribution < -0.4 is 5.32 Å². The first kappa shape index (κ1) is 18.4. The number of aromatic nitrogens is 3. The lowest BCUT2D eigenvalue weighted by molar-refractivity contribution is -0.137. The van der Waals surface area contributed by atoms with Gasteiger partial charge in [-0.3, -0.25) is 4.98 Å². The van der Waals surface area contributed by atoms with Gasteiger partial charge in [-0.2, -0.15) is 13.2 Å². The second-order valence-corrected chi connectivity index (χ2v) is 7.24. The number of anilines is 2. The van der Waals surface area contributed by atoms with E-state index in [4.69, 9.17) is 0 Å². The highest BCUT2D eigenvalue weighted by atomic mass is 32.1. The molecule has 28 heavy (non-hydrogen) atoms. The van der Waals surface area contributed by atoms with E-state index in [0.29, 0.717) is 17.3 Å². The number of thiophene rings is 1. The maximum Gasteiger partial charge on any atom is 0.416 e. The van der Waals surface area contributed by atoms with Gasteiger partial charge in [-0.25, -0.2) is 9.97 Å². The van der Waals surface area contributed by atoms with Crippen molar-refractivity contribution in [1.29, 1.82) is 0 Å². The molecule has 1 aromatic carbocycles. The van der Waals surface area contributed by atoms with Crippen LogP contribution in [0.2, 0.25) is 0 Å². The third kappa shape index (κ3) is 3.68. The van der Waals surface area contributed by atoms with Crippen molar-refractivity contribution in [2.45, 2.75) is 19.5 Å². The lowest BCUT2D eigenvalue weighted by Gasteiger charge is -2.11. The molecule has 0 unspecified atom stereocenters. The first-order valence-electron chi connectivity index (χ1n) is 8.59. The van der Waals surface area contributed by atoms with Crippen LogP contribution >= 0.6 is 11.3 Å². The second-order valence-electron chi connectivity index (χ2n) is 6.13. The third-order valence-corrected chi connectivity index (χ3v) is 5.34. The van der Waals surface area contributed by atoms with Crippen LogP contribution in [0.15, 0.2) is 54.9 Å². The van der Waals surface area contributed by atoms with Crippen LogP contribution in [0.3, 0.4) is 0 Å². The second kappa shape index (κ2) is 7.20. The maximum atomic E-state index is 13.0. The molecular formula is C20H15F3N4S. The van der Waals surface area contributed by atoms with Crippen LogP contribution in [0.25, 0.3) is 21.6 Å². The summed E-state index contributed by atoms with van der Waals surface area (Å²) in [5, 5.41) is 3.83. The van der Waals surface area contributed by atoms with E-state index in [0.717, 1.165) is 39.2 Å². The Morgan fingerprint density at radius 3 is 2.64 bits per heavy atom. The number of halogens is 3. The van der Waals surface area contributed by atoms with E-state index in [9.17, 15) is 13.2 Å². The SMILES string of the molecule is CCc1cc2c(Nc3cccc(C(F)(F)F)c3)nc(-c3cccnc3)nc2s1. The molecule has 3 aromatic heterocycles. The zero-order valence-electron chi connectivity index (χ0n) is 14.8. The molecule has 0 aliphatic heterocycles. The molecule has 0 amide bonds. The van der Waals surface area contributed by atoms with Crippen LogP contribution in [-0.4, -0.2) is 15.0 Å². The molecule has 0 radical (unpaired) electrons. The van der Waals surface area contributed by atoms with E-state index in [1.165, 1.54) is 6.07 Å². The number of nitrogens with zero attached hydrogens (tertiary/aromatic N) is 3. The van der Waals surface area contributed by atoms with Crippen molar-refractivity contribution in [2.75, 3.05) is 5.32 Å². The Hall–Kier alpha value is -3.00. The number of rotatable bonds is 4. The van der Waals surface area contributed by atoms with Crippen molar-refractivity contribution in [3.8, 4) is 11.4 Å². The van der Waals surface area contributed by atoms with Gasteiger partial charge in [0, 0.05) is 28.5 Å². The van der Waals surface area contributed by atoms with Crippen LogP contribution in [-0.2, 0) is 12.6 Å². The van der Waals surface area contributed by atoms with E-state index in [1.54, 1.807) is 35.9 Å². The summed E-state index contributed by atoms with van der Waals surface area (Å²) < 4.78 is 39.1. The van der Waals surface area contributed by atoms with Gasteiger partial charge >= 0.3 is 6.18 Å². The van der Waals surface area contributed by atoms with Gasteiger partial charge in [0.05, 0.1) is 10.9 Å². The largest absolute Gasteiger partial charge is 0.416 e. The predicted octanol–water partition coefficient (Wildman–Crippen LogP) is 6.08. The van der Waals surface area contributed by atoms with Crippen molar-refractivity contribution in [3.05, 3.63) is 65.3 Å². The third-order valence-electron chi connectivity index (χ3n) is 4.16. The summed E-state index contributed by atoms with van der Waals surface area (Å²) in [6.45, 7) is 2.04. The fourth-order valence-corrected chi connectivity index (χ4v) is 3.74. The number of hydrogen-bond acceptors (Lipinski definition) is 5. The Bertz CT molecular complexity index is 1120. The Morgan fingerprint density at radius 2 is 1.93 bits per heavy atom. The fourth-order valence-electron chi connectivity index (χ4n) is 2.77. The van der Waals surface area contributed by atoms with E-state index in [2.05, 4.69) is 20.3 Å². The molecule has 0 saturated carbocycles. The quantitative estimate of drug-likeness (QED) is 0.451. The first-order chi connectivity index (χ1) is 13.4. The molecule has 0 aliphatic carbocycles. The molecule has 0 aliphatic rings. The topological polar surface area (TPSA) is 50.7 Å². The average Bonchev–Trinajstić information content (AvgIpc) is 3.12. The van der Waals surface area contributed by atoms with Crippen LogP contribution in [0.1, 0.15) is 17.4 Å². The highest BCUT2D eigenvalue weighted by Gasteiger charge is 2.30. The molecule has 0 fully saturated rings. The highest BCUT2D eigenvalue weighted by Crippen LogP contribution is 2.35. The zero-order chi connectivity index (χ0) is 19.7. The van der Waals surface area contributed by atoms with Crippen LogP contribution in [0, 0.1) is 0 Å². The van der Waals surface area contributed by atoms with Crippen molar-refractivity contribution in [1.82, 2.24) is 15.0 Å². The minimum Gasteiger partial charge on any atom is -0.340 e. The van der Waals surface area contributed by atoms with E-state index < -0.39 is 11.7 Å². The van der Waals surface area contributed by atoms with E-state index >= 15 is 0 Å². The Labute approximate surface area is 163 Å². The molecule has 4 aromatic rings. The minimum absolute atomic E-state index is 0.316. The Balaban J connectivity index is 1.82. The van der Waals surface area contributed by atoms with Crippen molar-refractivity contribution in [3.63, 3.8) is 0 Å². The van der Waals surface area contributed by atoms with Gasteiger partial charge in [-0.05, 0) is 42.8 Å². The maximum absolute atomic E-state index is 13.0. The molecule has 0 saturated heterocycles. The van der Waals surface area contributed by atoms with Crippen LogP contribution in [0.5, 0.6) is 0 Å². The first-order valence-corrected chi connectivity index (χ1v) is 9.41. The summed E-state index contributed by atoms with van der Waals surface area (Å²) in [5.41, 5.74) is 0.342. The zero-order valence-corrected chi connectivity index (χ0v) is 15.6. The minimum atomic E-state index is -4.41. The molecule has 0 atom stereocenters. The molecule has 4 nitrogen and oxygen atoms in total. The summed E-state index contributed by atoms with van der Waals surface area (Å²) in [6, 6.07) is 10.7. The summed E-state index contributed by atoms with van der Waals surface area (Å²) in [7, 11) is 0. The average molecular weight is 400 g/mol. The molecule has 142 valence electrons. The van der Waals surface area contributed by atoms with E-state index in [-0.39, 0.29) is 0 Å². The lowest BCUT2D eigenvalue weighted by atomic mass is 10.2. The van der Waals surface area contributed by atoms with Gasteiger partial charge in [0.25, 0.3) is 0 Å². The standard InChI is InChI=1S/C20H15F3N4S/c1-2-15-10-16-18(25-14-7-3-6-13(9-14)20(21,22)23)26-17(27-19(16)28-15)12-5-4-8-24-11-12/h3-11H,2H2,1H3,(H,25,26,27). The monoisotopic (exact) mass is 400 g/mol.